The Labute approximate surface area is 112 Å². The van der Waals surface area contributed by atoms with Crippen LogP contribution in [0.2, 0.25) is 0 Å². The maximum absolute atomic E-state index is 12.4. The molecule has 18 heavy (non-hydrogen) atoms. The van der Waals surface area contributed by atoms with Crippen LogP contribution in [0.4, 0.5) is 0 Å². The van der Waals surface area contributed by atoms with E-state index in [2.05, 4.69) is 0 Å². The number of hydrogen-bond acceptors (Lipinski definition) is 4. The lowest BCUT2D eigenvalue weighted by Gasteiger charge is -2.28. The standard InChI is InChI=1S/C13H23NO3S/c1-5-17-12(15)11-10(9-7-6-8-9)14(11)18(16)13(2,3)4/h9-11H,5-8H2,1-4H3/t10-,11-,14?,18?/m1/s1. The smallest absolute Gasteiger partial charge is 0.329 e. The summed E-state index contributed by atoms with van der Waals surface area (Å²) in [5.41, 5.74) is 0. The van der Waals surface area contributed by atoms with Crippen molar-refractivity contribution < 1.29 is 14.1 Å². The molecule has 0 bridgehead atoms. The van der Waals surface area contributed by atoms with Gasteiger partial charge in [0.2, 0.25) is 0 Å². The summed E-state index contributed by atoms with van der Waals surface area (Å²) in [6.07, 6.45) is 3.53. The van der Waals surface area contributed by atoms with Gasteiger partial charge in [-0.15, -0.1) is 4.31 Å². The predicted molar refractivity (Wildman–Crippen MR) is 71.3 cm³/mol. The van der Waals surface area contributed by atoms with Gasteiger partial charge in [0.25, 0.3) is 0 Å². The monoisotopic (exact) mass is 273 g/mol. The van der Waals surface area contributed by atoms with E-state index < -0.39 is 11.4 Å². The molecular formula is C13H23NO3S. The van der Waals surface area contributed by atoms with Crippen molar-refractivity contribution >= 4 is 17.3 Å². The second kappa shape index (κ2) is 5.02. The molecule has 0 aromatic carbocycles. The van der Waals surface area contributed by atoms with E-state index >= 15 is 0 Å². The molecule has 0 aromatic heterocycles. The van der Waals surface area contributed by atoms with Gasteiger partial charge < -0.3 is 9.29 Å². The molecule has 1 heterocycles. The topological polar surface area (TPSA) is 52.4 Å². The molecule has 4 atom stereocenters. The molecule has 2 unspecified atom stereocenters. The molecule has 104 valence electrons. The van der Waals surface area contributed by atoms with Crippen molar-refractivity contribution in [3.8, 4) is 0 Å². The molecule has 0 aromatic rings. The molecule has 2 aliphatic rings. The Morgan fingerprint density at radius 2 is 2.06 bits per heavy atom. The molecular weight excluding hydrogens is 250 g/mol. The van der Waals surface area contributed by atoms with Crippen LogP contribution in [0.15, 0.2) is 0 Å². The summed E-state index contributed by atoms with van der Waals surface area (Å²) >= 11 is -1.12. The van der Waals surface area contributed by atoms with Crippen LogP contribution in [-0.2, 0) is 20.9 Å². The minimum Gasteiger partial charge on any atom is -0.597 e. The van der Waals surface area contributed by atoms with E-state index in [9.17, 15) is 9.35 Å². The Hall–Kier alpha value is -0.260. The van der Waals surface area contributed by atoms with E-state index in [-0.39, 0.29) is 22.8 Å². The SMILES string of the molecule is CCOC(=O)[C@H]1[C@@H](C2CCC2)N1[S+]([O-])C(C)(C)C. The Kier molecular flexibility index (Phi) is 3.95. The van der Waals surface area contributed by atoms with Gasteiger partial charge in [-0.25, -0.2) is 0 Å². The van der Waals surface area contributed by atoms with Crippen LogP contribution in [0.5, 0.6) is 0 Å². The predicted octanol–water partition coefficient (Wildman–Crippen LogP) is 1.86. The molecule has 4 nitrogen and oxygen atoms in total. The van der Waals surface area contributed by atoms with Gasteiger partial charge in [0.15, 0.2) is 6.04 Å². The van der Waals surface area contributed by atoms with Gasteiger partial charge >= 0.3 is 5.97 Å². The van der Waals surface area contributed by atoms with Crippen molar-refractivity contribution in [2.45, 2.75) is 63.8 Å². The molecule has 0 N–H and O–H groups in total. The van der Waals surface area contributed by atoms with Gasteiger partial charge in [-0.3, -0.25) is 4.79 Å². The van der Waals surface area contributed by atoms with E-state index in [4.69, 9.17) is 4.74 Å². The molecule has 1 aliphatic carbocycles. The van der Waals surface area contributed by atoms with Crippen molar-refractivity contribution in [3.63, 3.8) is 0 Å². The van der Waals surface area contributed by atoms with Crippen molar-refractivity contribution in [2.24, 2.45) is 5.92 Å². The average Bonchev–Trinajstić information content (AvgIpc) is 2.88. The second-order valence-electron chi connectivity index (χ2n) is 6.10. The number of ether oxygens (including phenoxy) is 1. The van der Waals surface area contributed by atoms with Crippen molar-refractivity contribution in [1.82, 2.24) is 4.31 Å². The Morgan fingerprint density at radius 3 is 2.44 bits per heavy atom. The summed E-state index contributed by atoms with van der Waals surface area (Å²) in [7, 11) is 0. The lowest BCUT2D eigenvalue weighted by molar-refractivity contribution is -0.143. The van der Waals surface area contributed by atoms with Gasteiger partial charge in [-0.1, -0.05) is 6.42 Å². The van der Waals surface area contributed by atoms with Gasteiger partial charge in [0.1, 0.15) is 4.75 Å². The summed E-state index contributed by atoms with van der Waals surface area (Å²) in [5, 5.41) is 0. The summed E-state index contributed by atoms with van der Waals surface area (Å²) in [6.45, 7) is 8.04. The molecule has 2 rings (SSSR count). The number of carbonyl (C=O) groups is 1. The number of hydrogen-bond donors (Lipinski definition) is 0. The highest BCUT2D eigenvalue weighted by Gasteiger charge is 2.66. The van der Waals surface area contributed by atoms with Crippen LogP contribution in [0.3, 0.4) is 0 Å². The summed E-state index contributed by atoms with van der Waals surface area (Å²) in [5.74, 6) is 0.331. The lowest BCUT2D eigenvalue weighted by atomic mass is 9.82. The number of esters is 1. The highest BCUT2D eigenvalue weighted by molar-refractivity contribution is 7.90. The number of carbonyl (C=O) groups excluding carboxylic acids is 1. The fourth-order valence-electron chi connectivity index (χ4n) is 2.48. The van der Waals surface area contributed by atoms with Crippen molar-refractivity contribution in [1.29, 1.82) is 0 Å². The van der Waals surface area contributed by atoms with Gasteiger partial charge in [-0.2, -0.15) is 0 Å². The van der Waals surface area contributed by atoms with E-state index in [1.807, 2.05) is 32.0 Å². The maximum Gasteiger partial charge on any atom is 0.329 e. The minimum absolute atomic E-state index is 0.151. The van der Waals surface area contributed by atoms with Crippen LogP contribution in [0, 0.1) is 5.92 Å². The van der Waals surface area contributed by atoms with Crippen molar-refractivity contribution in [3.05, 3.63) is 0 Å². The zero-order valence-electron chi connectivity index (χ0n) is 11.6. The summed E-state index contributed by atoms with van der Waals surface area (Å²) in [4.78, 5) is 11.9. The Balaban J connectivity index is 2.05. The molecule has 5 heteroatoms. The molecule has 1 saturated heterocycles. The second-order valence-corrected chi connectivity index (χ2v) is 8.24. The molecule has 0 spiro atoms. The fourth-order valence-corrected chi connectivity index (χ4v) is 3.98. The first-order chi connectivity index (χ1) is 8.38. The third-order valence-electron chi connectivity index (χ3n) is 3.68. The van der Waals surface area contributed by atoms with Crippen LogP contribution in [0.1, 0.15) is 47.0 Å². The van der Waals surface area contributed by atoms with Gasteiger partial charge in [-0.05, 0) is 46.5 Å². The first-order valence-electron chi connectivity index (χ1n) is 6.75. The van der Waals surface area contributed by atoms with Crippen LogP contribution in [0.25, 0.3) is 0 Å². The molecule has 0 radical (unpaired) electrons. The van der Waals surface area contributed by atoms with E-state index in [1.54, 1.807) is 0 Å². The molecule has 1 aliphatic heterocycles. The fraction of sp³-hybridized carbons (Fsp3) is 0.923. The third kappa shape index (κ3) is 2.53. The summed E-state index contributed by atoms with van der Waals surface area (Å²) < 4.78 is 19.1. The molecule has 0 amide bonds. The minimum atomic E-state index is -1.12. The van der Waals surface area contributed by atoms with Crippen molar-refractivity contribution in [2.75, 3.05) is 6.61 Å². The average molecular weight is 273 g/mol. The van der Waals surface area contributed by atoms with Gasteiger partial charge in [0, 0.05) is 11.4 Å². The van der Waals surface area contributed by atoms with Crippen LogP contribution in [-0.4, -0.2) is 38.3 Å². The Bertz CT molecular complexity index is 325. The maximum atomic E-state index is 12.4. The van der Waals surface area contributed by atoms with Crippen LogP contribution < -0.4 is 0 Å². The molecule has 2 fully saturated rings. The zero-order valence-corrected chi connectivity index (χ0v) is 12.5. The van der Waals surface area contributed by atoms with E-state index in [1.165, 1.54) is 6.42 Å². The zero-order chi connectivity index (χ0) is 13.5. The van der Waals surface area contributed by atoms with Crippen LogP contribution >= 0.6 is 0 Å². The van der Waals surface area contributed by atoms with E-state index in [0.717, 1.165) is 12.8 Å². The van der Waals surface area contributed by atoms with Gasteiger partial charge in [0.05, 0.1) is 12.6 Å². The highest BCUT2D eigenvalue weighted by atomic mass is 32.2. The molecule has 1 saturated carbocycles. The number of rotatable bonds is 4. The number of nitrogens with zero attached hydrogens (tertiary/aromatic N) is 1. The Morgan fingerprint density at radius 1 is 1.44 bits per heavy atom. The first kappa shape index (κ1) is 14.2. The lowest BCUT2D eigenvalue weighted by Crippen LogP contribution is -2.36. The highest BCUT2D eigenvalue weighted by Crippen LogP contribution is 2.48. The first-order valence-corrected chi connectivity index (χ1v) is 7.85. The third-order valence-corrected chi connectivity index (χ3v) is 5.58. The largest absolute Gasteiger partial charge is 0.597 e. The quantitative estimate of drug-likeness (QED) is 0.446. The summed E-state index contributed by atoms with van der Waals surface area (Å²) in [6, 6.07) is -0.117. The van der Waals surface area contributed by atoms with E-state index in [0.29, 0.717) is 12.5 Å². The normalized spacial score (nSPS) is 33.7.